The van der Waals surface area contributed by atoms with Crippen molar-refractivity contribution in [2.75, 3.05) is 0 Å². The normalized spacial score (nSPS) is 18.3. The number of halogens is 6. The van der Waals surface area contributed by atoms with Gasteiger partial charge in [-0.25, -0.2) is 4.39 Å². The maximum absolute atomic E-state index is 13.5. The van der Waals surface area contributed by atoms with Crippen LogP contribution in [-0.2, 0) is 6.42 Å². The summed E-state index contributed by atoms with van der Waals surface area (Å²) in [4.78, 5) is 0. The monoisotopic (exact) mass is 402 g/mol. The molecular weight excluding hydrogens is 387 g/mol. The molecule has 2 atom stereocenters. The van der Waals surface area contributed by atoms with E-state index in [-0.39, 0.29) is 5.56 Å². The van der Waals surface area contributed by atoms with Gasteiger partial charge in [-0.3, -0.25) is 0 Å². The maximum Gasteiger partial charge on any atom is 0.399 e. The van der Waals surface area contributed by atoms with Crippen molar-refractivity contribution in [2.24, 2.45) is 0 Å². The summed E-state index contributed by atoms with van der Waals surface area (Å²) >= 11 is 11.3. The van der Waals surface area contributed by atoms with Crippen LogP contribution in [-0.4, -0.2) is 6.18 Å². The second-order valence-corrected chi connectivity index (χ2v) is 7.39. The molecule has 0 saturated heterocycles. The lowest BCUT2D eigenvalue weighted by Gasteiger charge is -2.18. The summed E-state index contributed by atoms with van der Waals surface area (Å²) in [7, 11) is 0. The number of allylic oxidation sites excluding steroid dienone is 1. The van der Waals surface area contributed by atoms with Crippen LogP contribution in [0.5, 0.6) is 0 Å². The van der Waals surface area contributed by atoms with Gasteiger partial charge in [-0.05, 0) is 53.1 Å². The van der Waals surface area contributed by atoms with Crippen molar-refractivity contribution in [3.63, 3.8) is 0 Å². The third kappa shape index (κ3) is 3.91. The van der Waals surface area contributed by atoms with E-state index in [1.54, 1.807) is 0 Å². The molecule has 1 aliphatic carbocycles. The molecule has 0 saturated carbocycles. The Balaban J connectivity index is 1.94. The highest BCUT2D eigenvalue weighted by molar-refractivity contribution is 6.35. The fourth-order valence-electron chi connectivity index (χ4n) is 3.33. The summed E-state index contributed by atoms with van der Waals surface area (Å²) in [5.41, 5.74) is 2.94. The molecule has 0 amide bonds. The number of benzene rings is 2. The average molecular weight is 403 g/mol. The van der Waals surface area contributed by atoms with Gasteiger partial charge in [0.05, 0.1) is 16.0 Å². The Morgan fingerprint density at radius 3 is 2.38 bits per heavy atom. The first-order valence-corrected chi connectivity index (χ1v) is 8.94. The zero-order chi connectivity index (χ0) is 19.1. The van der Waals surface area contributed by atoms with E-state index in [1.165, 1.54) is 17.2 Å². The molecule has 1 aliphatic rings. The topological polar surface area (TPSA) is 0 Å². The van der Waals surface area contributed by atoms with Crippen LogP contribution in [0, 0.1) is 5.82 Å². The van der Waals surface area contributed by atoms with E-state index >= 15 is 0 Å². The number of hydrogen-bond donors (Lipinski definition) is 0. The van der Waals surface area contributed by atoms with Gasteiger partial charge in [0.15, 0.2) is 5.82 Å². The molecule has 2 aromatic rings. The minimum Gasteiger partial charge on any atom is -0.204 e. The SMILES string of the molecule is CC1CCc2cc(/C=C/C(c3cc(Cl)c(F)c(Cl)c3)C(F)(F)F)ccc21. The second-order valence-electron chi connectivity index (χ2n) is 6.57. The molecule has 3 rings (SSSR count). The molecular formula is C20H16Cl2F4. The van der Waals surface area contributed by atoms with E-state index in [2.05, 4.69) is 6.92 Å². The fraction of sp³-hybridized carbons (Fsp3) is 0.300. The van der Waals surface area contributed by atoms with Crippen LogP contribution < -0.4 is 0 Å². The molecule has 0 spiro atoms. The number of aryl methyl sites for hydroxylation is 1. The lowest BCUT2D eigenvalue weighted by Crippen LogP contribution is -2.19. The van der Waals surface area contributed by atoms with Crippen LogP contribution in [0.3, 0.4) is 0 Å². The molecule has 0 heterocycles. The summed E-state index contributed by atoms with van der Waals surface area (Å²) in [6.45, 7) is 2.14. The van der Waals surface area contributed by atoms with E-state index in [1.807, 2.05) is 18.2 Å². The number of alkyl halides is 3. The van der Waals surface area contributed by atoms with Crippen molar-refractivity contribution in [3.8, 4) is 0 Å². The van der Waals surface area contributed by atoms with Crippen LogP contribution in [0.1, 0.15) is 47.4 Å². The highest BCUT2D eigenvalue weighted by atomic mass is 35.5. The predicted molar refractivity (Wildman–Crippen MR) is 97.4 cm³/mol. The highest BCUT2D eigenvalue weighted by Crippen LogP contribution is 2.40. The summed E-state index contributed by atoms with van der Waals surface area (Å²) < 4.78 is 54.1. The molecule has 0 aromatic heterocycles. The van der Waals surface area contributed by atoms with Gasteiger partial charge in [-0.1, -0.05) is 60.5 Å². The van der Waals surface area contributed by atoms with Gasteiger partial charge in [-0.15, -0.1) is 0 Å². The molecule has 0 aliphatic heterocycles. The zero-order valence-electron chi connectivity index (χ0n) is 13.9. The minimum atomic E-state index is -4.55. The number of fused-ring (bicyclic) bond motifs is 1. The van der Waals surface area contributed by atoms with Gasteiger partial charge in [-0.2, -0.15) is 13.2 Å². The maximum atomic E-state index is 13.5. The van der Waals surface area contributed by atoms with Gasteiger partial charge in [0, 0.05) is 0 Å². The summed E-state index contributed by atoms with van der Waals surface area (Å²) in [6.07, 6.45) is -0.0663. The Hall–Kier alpha value is -1.52. The van der Waals surface area contributed by atoms with Crippen molar-refractivity contribution in [1.82, 2.24) is 0 Å². The second kappa shape index (κ2) is 7.24. The molecule has 138 valence electrons. The molecule has 0 radical (unpaired) electrons. The largest absolute Gasteiger partial charge is 0.399 e. The molecule has 0 nitrogen and oxygen atoms in total. The third-order valence-corrected chi connectivity index (χ3v) is 5.29. The molecule has 2 aromatic carbocycles. The molecule has 26 heavy (non-hydrogen) atoms. The van der Waals surface area contributed by atoms with E-state index in [0.29, 0.717) is 11.5 Å². The molecule has 0 fully saturated rings. The Labute approximate surface area is 159 Å². The first-order valence-electron chi connectivity index (χ1n) is 8.19. The van der Waals surface area contributed by atoms with Crippen molar-refractivity contribution in [3.05, 3.63) is 74.5 Å². The van der Waals surface area contributed by atoms with Crippen LogP contribution in [0.15, 0.2) is 36.4 Å². The van der Waals surface area contributed by atoms with E-state index in [0.717, 1.165) is 31.1 Å². The van der Waals surface area contributed by atoms with Crippen molar-refractivity contribution >= 4 is 29.3 Å². The molecule has 0 bridgehead atoms. The molecule has 6 heteroatoms. The van der Waals surface area contributed by atoms with Crippen LogP contribution >= 0.6 is 23.2 Å². The lowest BCUT2D eigenvalue weighted by molar-refractivity contribution is -0.139. The minimum absolute atomic E-state index is 0.195. The van der Waals surface area contributed by atoms with Crippen molar-refractivity contribution in [1.29, 1.82) is 0 Å². The lowest BCUT2D eigenvalue weighted by atomic mass is 9.96. The Morgan fingerprint density at radius 1 is 1.12 bits per heavy atom. The summed E-state index contributed by atoms with van der Waals surface area (Å²) in [5.74, 6) is -2.37. The van der Waals surface area contributed by atoms with Gasteiger partial charge in [0.25, 0.3) is 0 Å². The van der Waals surface area contributed by atoms with Crippen LogP contribution in [0.4, 0.5) is 17.6 Å². The Kier molecular flexibility index (Phi) is 5.36. The average Bonchev–Trinajstić information content (AvgIpc) is 2.92. The predicted octanol–water partition coefficient (Wildman–Crippen LogP) is 7.54. The fourth-order valence-corrected chi connectivity index (χ4v) is 3.83. The first-order chi connectivity index (χ1) is 12.2. The third-order valence-electron chi connectivity index (χ3n) is 4.74. The summed E-state index contributed by atoms with van der Waals surface area (Å²) in [5, 5.41) is -0.858. The van der Waals surface area contributed by atoms with Crippen molar-refractivity contribution in [2.45, 2.75) is 37.8 Å². The van der Waals surface area contributed by atoms with Crippen molar-refractivity contribution < 1.29 is 17.6 Å². The van der Waals surface area contributed by atoms with E-state index < -0.39 is 28.0 Å². The molecule has 0 N–H and O–H groups in total. The zero-order valence-corrected chi connectivity index (χ0v) is 15.4. The van der Waals surface area contributed by atoms with E-state index in [9.17, 15) is 17.6 Å². The Morgan fingerprint density at radius 2 is 1.77 bits per heavy atom. The molecule has 2 unspecified atom stereocenters. The standard InChI is InChI=1S/C20H16Cl2F4/c1-11-2-5-13-8-12(3-6-15(11)13)4-7-16(20(24,25)26)14-9-17(21)19(23)18(22)10-14/h3-4,6-11,16H,2,5H2,1H3/b7-4+. The van der Waals surface area contributed by atoms with Gasteiger partial charge < -0.3 is 0 Å². The van der Waals surface area contributed by atoms with E-state index in [4.69, 9.17) is 23.2 Å². The quantitative estimate of drug-likeness (QED) is 0.367. The number of hydrogen-bond acceptors (Lipinski definition) is 0. The number of rotatable bonds is 3. The summed E-state index contributed by atoms with van der Waals surface area (Å²) in [6, 6.07) is 7.65. The van der Waals surface area contributed by atoms with Crippen LogP contribution in [0.25, 0.3) is 6.08 Å². The van der Waals surface area contributed by atoms with Gasteiger partial charge in [0.2, 0.25) is 0 Å². The van der Waals surface area contributed by atoms with Crippen LogP contribution in [0.2, 0.25) is 10.0 Å². The smallest absolute Gasteiger partial charge is 0.204 e. The van der Waals surface area contributed by atoms with Gasteiger partial charge in [0.1, 0.15) is 0 Å². The van der Waals surface area contributed by atoms with Gasteiger partial charge >= 0.3 is 6.18 Å². The highest BCUT2D eigenvalue weighted by Gasteiger charge is 2.39. The Bertz CT molecular complexity index is 832. The first kappa shape index (κ1) is 19.2.